The molecule has 5 aromatic rings. The van der Waals surface area contributed by atoms with Gasteiger partial charge in [0.05, 0.1) is 24.9 Å². The predicted molar refractivity (Wildman–Crippen MR) is 129 cm³/mol. The first-order valence-electron chi connectivity index (χ1n) is 11.2. The number of aromatic amines is 2. The molecule has 0 aliphatic carbocycles. The molecule has 166 valence electrons. The molecule has 8 heteroatoms. The molecule has 0 amide bonds. The second kappa shape index (κ2) is 8.22. The Bertz CT molecular complexity index is 1490. The van der Waals surface area contributed by atoms with Gasteiger partial charge in [-0.25, -0.2) is 0 Å². The highest BCUT2D eigenvalue weighted by Crippen LogP contribution is 2.23. The lowest BCUT2D eigenvalue weighted by Crippen LogP contribution is -2.37. The lowest BCUT2D eigenvalue weighted by Gasteiger charge is -2.28. The normalized spacial score (nSPS) is 14.4. The summed E-state index contributed by atoms with van der Waals surface area (Å²) in [5.74, 6) is 0.840. The number of nitrogens with zero attached hydrogens (tertiary/aromatic N) is 4. The van der Waals surface area contributed by atoms with E-state index in [0.29, 0.717) is 18.6 Å². The van der Waals surface area contributed by atoms with Crippen LogP contribution in [0.3, 0.4) is 0 Å². The molecule has 6 rings (SSSR count). The number of nitrogens with one attached hydrogen (secondary N) is 2. The summed E-state index contributed by atoms with van der Waals surface area (Å²) < 4.78 is 7.27. The number of aryl methyl sites for hydroxylation is 2. The van der Waals surface area contributed by atoms with Crippen LogP contribution in [0.5, 0.6) is 0 Å². The number of fused-ring (bicyclic) bond motifs is 2. The fourth-order valence-electron chi connectivity index (χ4n) is 4.48. The van der Waals surface area contributed by atoms with Crippen LogP contribution in [0.15, 0.2) is 65.7 Å². The molecule has 0 unspecified atom stereocenters. The lowest BCUT2D eigenvalue weighted by atomic mass is 10.1. The van der Waals surface area contributed by atoms with Crippen LogP contribution >= 0.6 is 0 Å². The number of rotatable bonds is 5. The van der Waals surface area contributed by atoms with E-state index in [0.717, 1.165) is 54.2 Å². The maximum absolute atomic E-state index is 12.8. The molecule has 2 aromatic carbocycles. The van der Waals surface area contributed by atoms with E-state index in [2.05, 4.69) is 49.6 Å². The average molecular weight is 441 g/mol. The maximum atomic E-state index is 12.8. The second-order valence-electron chi connectivity index (χ2n) is 8.35. The minimum atomic E-state index is -0.00109. The minimum absolute atomic E-state index is 0.00109. The Hall–Kier alpha value is -3.91. The molecule has 2 N–H and O–H groups in total. The van der Waals surface area contributed by atoms with E-state index in [1.165, 1.54) is 10.9 Å². The molecular weight excluding hydrogens is 416 g/mol. The van der Waals surface area contributed by atoms with Crippen LogP contribution in [0, 0.1) is 0 Å². The van der Waals surface area contributed by atoms with Gasteiger partial charge >= 0.3 is 0 Å². The van der Waals surface area contributed by atoms with Crippen LogP contribution in [-0.4, -0.2) is 51.3 Å². The van der Waals surface area contributed by atoms with Gasteiger partial charge in [0, 0.05) is 53.8 Å². The molecule has 0 atom stereocenters. The Morgan fingerprint density at radius 1 is 1.00 bits per heavy atom. The molecule has 1 aliphatic rings. The Morgan fingerprint density at radius 2 is 1.88 bits per heavy atom. The first-order chi connectivity index (χ1) is 16.2. The Kier molecular flexibility index (Phi) is 4.92. The van der Waals surface area contributed by atoms with Gasteiger partial charge in [0.15, 0.2) is 5.43 Å². The number of morpholine rings is 1. The highest BCUT2D eigenvalue weighted by atomic mass is 16.5. The largest absolute Gasteiger partial charge is 0.378 e. The van der Waals surface area contributed by atoms with Crippen molar-refractivity contribution in [3.63, 3.8) is 0 Å². The van der Waals surface area contributed by atoms with Gasteiger partial charge in [0.2, 0.25) is 0 Å². The van der Waals surface area contributed by atoms with Crippen LogP contribution in [0.4, 0.5) is 5.82 Å². The fraction of sp³-hybridized carbons (Fsp3) is 0.240. The topological polar surface area (TPSA) is 91.8 Å². The summed E-state index contributed by atoms with van der Waals surface area (Å²) >= 11 is 0. The summed E-state index contributed by atoms with van der Waals surface area (Å²) in [4.78, 5) is 21.7. The van der Waals surface area contributed by atoms with Gasteiger partial charge in [-0.2, -0.15) is 0 Å². The van der Waals surface area contributed by atoms with Crippen LogP contribution in [-0.2, 0) is 17.7 Å². The van der Waals surface area contributed by atoms with E-state index in [1.807, 2.05) is 35.1 Å². The Labute approximate surface area is 189 Å². The number of anilines is 1. The van der Waals surface area contributed by atoms with Crippen molar-refractivity contribution in [1.29, 1.82) is 0 Å². The fourth-order valence-corrected chi connectivity index (χ4v) is 4.48. The molecule has 3 aromatic heterocycles. The third-order valence-corrected chi connectivity index (χ3v) is 6.29. The van der Waals surface area contributed by atoms with Crippen molar-refractivity contribution in [2.45, 2.75) is 13.0 Å². The molecule has 1 fully saturated rings. The van der Waals surface area contributed by atoms with Crippen molar-refractivity contribution in [2.75, 3.05) is 31.2 Å². The summed E-state index contributed by atoms with van der Waals surface area (Å²) in [5, 5.41) is 10.5. The zero-order valence-corrected chi connectivity index (χ0v) is 18.1. The molecule has 1 aliphatic heterocycles. The summed E-state index contributed by atoms with van der Waals surface area (Å²) in [5.41, 5.74) is 4.86. The molecule has 8 nitrogen and oxygen atoms in total. The summed E-state index contributed by atoms with van der Waals surface area (Å²) in [6.07, 6.45) is 4.85. The third kappa shape index (κ3) is 3.78. The first-order valence-corrected chi connectivity index (χ1v) is 11.2. The number of benzene rings is 2. The van der Waals surface area contributed by atoms with E-state index in [-0.39, 0.29) is 5.43 Å². The SMILES string of the molecule is O=c1cc(N2CCOCC2)[nH]c2ccc(-c3cn(CCc4c[nH]c5ccccc45)nn3)cc12. The molecule has 1 saturated heterocycles. The predicted octanol–water partition coefficient (Wildman–Crippen LogP) is 3.35. The van der Waals surface area contributed by atoms with Crippen molar-refractivity contribution in [3.8, 4) is 11.3 Å². The average Bonchev–Trinajstić information content (AvgIpc) is 3.50. The number of hydrogen-bond donors (Lipinski definition) is 2. The number of ether oxygens (including phenoxy) is 1. The van der Waals surface area contributed by atoms with Crippen molar-refractivity contribution in [3.05, 3.63) is 76.7 Å². The standard InChI is InChI=1S/C25H24N6O2/c32-24-14-25(30-9-11-33-12-10-30)27-22-6-5-17(13-20(22)24)23-16-31(29-28-23)8-7-18-15-26-21-4-2-1-3-19(18)21/h1-6,13-16,26H,7-12H2,(H,27,32). The van der Waals surface area contributed by atoms with Crippen LogP contribution in [0.1, 0.15) is 5.56 Å². The van der Waals surface area contributed by atoms with E-state index < -0.39 is 0 Å². The summed E-state index contributed by atoms with van der Waals surface area (Å²) in [7, 11) is 0. The Balaban J connectivity index is 1.23. The number of H-pyrrole nitrogens is 2. The first kappa shape index (κ1) is 19.8. The van der Waals surface area contributed by atoms with Crippen molar-refractivity contribution in [2.24, 2.45) is 0 Å². The third-order valence-electron chi connectivity index (χ3n) is 6.29. The van der Waals surface area contributed by atoms with Crippen LogP contribution in [0.2, 0.25) is 0 Å². The highest BCUT2D eigenvalue weighted by Gasteiger charge is 2.14. The minimum Gasteiger partial charge on any atom is -0.378 e. The molecule has 4 heterocycles. The molecule has 33 heavy (non-hydrogen) atoms. The lowest BCUT2D eigenvalue weighted by molar-refractivity contribution is 0.122. The number of hydrogen-bond acceptors (Lipinski definition) is 5. The molecule has 0 saturated carbocycles. The molecule has 0 radical (unpaired) electrons. The zero-order chi connectivity index (χ0) is 22.2. The smallest absolute Gasteiger partial charge is 0.191 e. The van der Waals surface area contributed by atoms with Gasteiger partial charge in [0.1, 0.15) is 11.5 Å². The van der Waals surface area contributed by atoms with Gasteiger partial charge in [0.25, 0.3) is 0 Å². The van der Waals surface area contributed by atoms with E-state index in [4.69, 9.17) is 4.74 Å². The monoisotopic (exact) mass is 440 g/mol. The maximum Gasteiger partial charge on any atom is 0.191 e. The van der Waals surface area contributed by atoms with Gasteiger partial charge in [-0.3, -0.25) is 9.48 Å². The second-order valence-corrected chi connectivity index (χ2v) is 8.35. The van der Waals surface area contributed by atoms with E-state index >= 15 is 0 Å². The van der Waals surface area contributed by atoms with Gasteiger partial charge in [-0.15, -0.1) is 5.10 Å². The highest BCUT2D eigenvalue weighted by molar-refractivity contribution is 5.85. The molecule has 0 bridgehead atoms. The Morgan fingerprint density at radius 3 is 2.79 bits per heavy atom. The van der Waals surface area contributed by atoms with Gasteiger partial charge in [-0.1, -0.05) is 29.5 Å². The van der Waals surface area contributed by atoms with Crippen molar-refractivity contribution in [1.82, 2.24) is 25.0 Å². The summed E-state index contributed by atoms with van der Waals surface area (Å²) in [6.45, 7) is 3.64. The summed E-state index contributed by atoms with van der Waals surface area (Å²) in [6, 6.07) is 15.8. The number of pyridine rings is 1. The quantitative estimate of drug-likeness (QED) is 0.437. The van der Waals surface area contributed by atoms with Crippen molar-refractivity contribution < 1.29 is 4.74 Å². The number of para-hydroxylation sites is 1. The van der Waals surface area contributed by atoms with Crippen LogP contribution < -0.4 is 10.3 Å². The molecular formula is C25H24N6O2. The zero-order valence-electron chi connectivity index (χ0n) is 18.1. The van der Waals surface area contributed by atoms with E-state index in [9.17, 15) is 4.79 Å². The molecule has 0 spiro atoms. The van der Waals surface area contributed by atoms with Crippen molar-refractivity contribution >= 4 is 27.6 Å². The van der Waals surface area contributed by atoms with Crippen LogP contribution in [0.25, 0.3) is 33.1 Å². The van der Waals surface area contributed by atoms with E-state index in [1.54, 1.807) is 6.07 Å². The van der Waals surface area contributed by atoms with Gasteiger partial charge in [-0.05, 0) is 30.2 Å². The van der Waals surface area contributed by atoms with Gasteiger partial charge < -0.3 is 19.6 Å². The number of aromatic nitrogens is 5.